The lowest BCUT2D eigenvalue weighted by atomic mass is 10.2. The van der Waals surface area contributed by atoms with Crippen LogP contribution in [-0.2, 0) is 0 Å². The summed E-state index contributed by atoms with van der Waals surface area (Å²) in [5.41, 5.74) is 7.72. The van der Waals surface area contributed by atoms with Gasteiger partial charge in [0.2, 0.25) is 0 Å². The molecule has 6 heteroatoms. The third kappa shape index (κ3) is 4.17. The third-order valence-corrected chi connectivity index (χ3v) is 1.93. The molecule has 1 aromatic carbocycles. The number of ether oxygens (including phenoxy) is 2. The van der Waals surface area contributed by atoms with Crippen molar-refractivity contribution in [2.75, 3.05) is 13.7 Å². The van der Waals surface area contributed by atoms with Crippen molar-refractivity contribution in [2.45, 2.75) is 0 Å². The number of nitrogens with two attached hydrogens (primary N) is 1. The van der Waals surface area contributed by atoms with Gasteiger partial charge in [-0.25, -0.2) is 10.2 Å². The molecule has 0 aliphatic rings. The smallest absolute Gasteiger partial charge is 0.332 e. The first-order valence-corrected chi connectivity index (χ1v) is 5.17. The van der Waals surface area contributed by atoms with Gasteiger partial charge in [0.25, 0.3) is 0 Å². The second-order valence-corrected chi connectivity index (χ2v) is 3.24. The van der Waals surface area contributed by atoms with Crippen molar-refractivity contribution in [3.05, 3.63) is 36.4 Å². The average Bonchev–Trinajstić information content (AvgIpc) is 2.36. The standard InChI is InChI=1S/C12H15N3O3/c1-3-6-18-11-7-9(4-5-10(11)17-2)8-14-15-12(13)16/h3-5,7-8H,1,6H2,2H3,(H3,13,15,16). The normalized spacial score (nSPS) is 10.1. The zero-order valence-electron chi connectivity index (χ0n) is 10.1. The predicted molar refractivity (Wildman–Crippen MR) is 69.0 cm³/mol. The average molecular weight is 249 g/mol. The van der Waals surface area contributed by atoms with E-state index >= 15 is 0 Å². The molecule has 1 aromatic rings. The minimum Gasteiger partial charge on any atom is -0.493 e. The van der Waals surface area contributed by atoms with Gasteiger partial charge in [-0.1, -0.05) is 12.7 Å². The fraction of sp³-hybridized carbons (Fsp3) is 0.167. The molecule has 0 bridgehead atoms. The number of methoxy groups -OCH3 is 1. The molecule has 0 radical (unpaired) electrons. The van der Waals surface area contributed by atoms with Crippen molar-refractivity contribution >= 4 is 12.2 Å². The predicted octanol–water partition coefficient (Wildman–Crippen LogP) is 1.26. The van der Waals surface area contributed by atoms with Crippen molar-refractivity contribution in [2.24, 2.45) is 10.8 Å². The van der Waals surface area contributed by atoms with E-state index in [-0.39, 0.29) is 0 Å². The van der Waals surface area contributed by atoms with Gasteiger partial charge in [0, 0.05) is 0 Å². The van der Waals surface area contributed by atoms with Gasteiger partial charge in [-0.3, -0.25) is 0 Å². The van der Waals surface area contributed by atoms with E-state index in [1.54, 1.807) is 31.4 Å². The number of carbonyl (C=O) groups is 1. The van der Waals surface area contributed by atoms with Gasteiger partial charge in [-0.05, 0) is 23.8 Å². The number of hydrogen-bond acceptors (Lipinski definition) is 4. The molecule has 0 heterocycles. The molecule has 18 heavy (non-hydrogen) atoms. The number of carbonyl (C=O) groups excluding carboxylic acids is 1. The minimum atomic E-state index is -0.720. The van der Waals surface area contributed by atoms with Crippen LogP contribution in [0.2, 0.25) is 0 Å². The van der Waals surface area contributed by atoms with Gasteiger partial charge < -0.3 is 15.2 Å². The van der Waals surface area contributed by atoms with Crippen molar-refractivity contribution in [3.8, 4) is 11.5 Å². The number of benzene rings is 1. The molecule has 0 saturated heterocycles. The van der Waals surface area contributed by atoms with Crippen molar-refractivity contribution in [3.63, 3.8) is 0 Å². The van der Waals surface area contributed by atoms with Crippen LogP contribution in [0.4, 0.5) is 4.79 Å². The lowest BCUT2D eigenvalue weighted by Crippen LogP contribution is -2.24. The number of amides is 2. The molecule has 0 atom stereocenters. The molecular formula is C12H15N3O3. The monoisotopic (exact) mass is 249 g/mol. The van der Waals surface area contributed by atoms with Crippen LogP contribution >= 0.6 is 0 Å². The van der Waals surface area contributed by atoms with Gasteiger partial charge in [-0.15, -0.1) is 0 Å². The highest BCUT2D eigenvalue weighted by Gasteiger charge is 2.04. The molecule has 0 fully saturated rings. The van der Waals surface area contributed by atoms with Gasteiger partial charge >= 0.3 is 6.03 Å². The molecule has 0 aliphatic carbocycles. The molecule has 0 saturated carbocycles. The summed E-state index contributed by atoms with van der Waals surface area (Å²) in [6.45, 7) is 3.94. The van der Waals surface area contributed by atoms with Crippen LogP contribution < -0.4 is 20.6 Å². The molecule has 0 unspecified atom stereocenters. The maximum atomic E-state index is 10.4. The fourth-order valence-electron chi connectivity index (χ4n) is 1.21. The summed E-state index contributed by atoms with van der Waals surface area (Å²) in [6, 6.07) is 4.52. The molecule has 2 amide bonds. The topological polar surface area (TPSA) is 85.9 Å². The summed E-state index contributed by atoms with van der Waals surface area (Å²) in [6.07, 6.45) is 3.08. The second kappa shape index (κ2) is 6.95. The number of urea groups is 1. The van der Waals surface area contributed by atoms with E-state index in [0.29, 0.717) is 18.1 Å². The van der Waals surface area contributed by atoms with Crippen LogP contribution in [0.25, 0.3) is 0 Å². The van der Waals surface area contributed by atoms with Crippen LogP contribution in [0.5, 0.6) is 11.5 Å². The van der Waals surface area contributed by atoms with E-state index in [2.05, 4.69) is 17.1 Å². The molecule has 0 aromatic heterocycles. The number of hydrazone groups is 1. The van der Waals surface area contributed by atoms with E-state index < -0.39 is 6.03 Å². The Hall–Kier alpha value is -2.50. The number of nitrogens with zero attached hydrogens (tertiary/aromatic N) is 1. The highest BCUT2D eigenvalue weighted by Crippen LogP contribution is 2.27. The number of primary amides is 1. The van der Waals surface area contributed by atoms with Crippen molar-refractivity contribution < 1.29 is 14.3 Å². The number of nitrogens with one attached hydrogen (secondary N) is 1. The van der Waals surface area contributed by atoms with E-state index in [0.717, 1.165) is 5.56 Å². The molecule has 1 rings (SSSR count). The Morgan fingerprint density at radius 3 is 2.94 bits per heavy atom. The van der Waals surface area contributed by atoms with Crippen LogP contribution in [0.15, 0.2) is 36.0 Å². The summed E-state index contributed by atoms with van der Waals surface area (Å²) < 4.78 is 10.6. The first-order valence-electron chi connectivity index (χ1n) is 5.17. The Balaban J connectivity index is 2.84. The first-order chi connectivity index (χ1) is 8.67. The lowest BCUT2D eigenvalue weighted by Gasteiger charge is -2.09. The zero-order valence-corrected chi connectivity index (χ0v) is 10.1. The molecule has 96 valence electrons. The van der Waals surface area contributed by atoms with Crippen LogP contribution in [-0.4, -0.2) is 26.0 Å². The largest absolute Gasteiger partial charge is 0.493 e. The number of hydrogen-bond donors (Lipinski definition) is 2. The van der Waals surface area contributed by atoms with Gasteiger partial charge in [-0.2, -0.15) is 5.10 Å². The SMILES string of the molecule is C=CCOc1cc(C=NNC(N)=O)ccc1OC. The minimum absolute atomic E-state index is 0.372. The Bertz CT molecular complexity index is 458. The zero-order chi connectivity index (χ0) is 13.4. The summed E-state index contributed by atoms with van der Waals surface area (Å²) in [5.74, 6) is 1.18. The Morgan fingerprint density at radius 1 is 1.56 bits per heavy atom. The van der Waals surface area contributed by atoms with Gasteiger partial charge in [0.05, 0.1) is 13.3 Å². The maximum Gasteiger partial charge on any atom is 0.332 e. The van der Waals surface area contributed by atoms with E-state index in [1.165, 1.54) is 6.21 Å². The Labute approximate surface area is 105 Å². The van der Waals surface area contributed by atoms with E-state index in [9.17, 15) is 4.79 Å². The summed E-state index contributed by atoms with van der Waals surface area (Å²) >= 11 is 0. The van der Waals surface area contributed by atoms with Crippen LogP contribution in [0, 0.1) is 0 Å². The number of rotatable bonds is 6. The van der Waals surface area contributed by atoms with Crippen LogP contribution in [0.3, 0.4) is 0 Å². The molecule has 0 aliphatic heterocycles. The first kappa shape index (κ1) is 13.6. The molecule has 3 N–H and O–H groups in total. The molecular weight excluding hydrogens is 234 g/mol. The Morgan fingerprint density at radius 2 is 2.33 bits per heavy atom. The van der Waals surface area contributed by atoms with Crippen molar-refractivity contribution in [1.82, 2.24) is 5.43 Å². The molecule has 0 spiro atoms. The summed E-state index contributed by atoms with van der Waals surface area (Å²) in [5, 5.41) is 3.65. The van der Waals surface area contributed by atoms with Crippen molar-refractivity contribution in [1.29, 1.82) is 0 Å². The van der Waals surface area contributed by atoms with Gasteiger partial charge in [0.1, 0.15) is 6.61 Å². The van der Waals surface area contributed by atoms with Gasteiger partial charge in [0.15, 0.2) is 11.5 Å². The third-order valence-electron chi connectivity index (χ3n) is 1.93. The maximum absolute atomic E-state index is 10.4. The van der Waals surface area contributed by atoms with E-state index in [1.807, 2.05) is 0 Å². The Kier molecular flexibility index (Phi) is 5.24. The lowest BCUT2D eigenvalue weighted by molar-refractivity contribution is 0.249. The second-order valence-electron chi connectivity index (χ2n) is 3.24. The quantitative estimate of drug-likeness (QED) is 0.452. The summed E-state index contributed by atoms with van der Waals surface area (Å²) in [4.78, 5) is 10.4. The molecule has 6 nitrogen and oxygen atoms in total. The summed E-state index contributed by atoms with van der Waals surface area (Å²) in [7, 11) is 1.55. The fourth-order valence-corrected chi connectivity index (χ4v) is 1.21. The van der Waals surface area contributed by atoms with E-state index in [4.69, 9.17) is 15.2 Å². The highest BCUT2D eigenvalue weighted by atomic mass is 16.5. The van der Waals surface area contributed by atoms with Crippen LogP contribution in [0.1, 0.15) is 5.56 Å². The highest BCUT2D eigenvalue weighted by molar-refractivity contribution is 5.82.